The van der Waals surface area contributed by atoms with E-state index >= 15 is 0 Å². The Morgan fingerprint density at radius 2 is 1.89 bits per heavy atom. The summed E-state index contributed by atoms with van der Waals surface area (Å²) in [7, 11) is 0. The minimum atomic E-state index is -4.46. The van der Waals surface area contributed by atoms with Crippen LogP contribution in [0.15, 0.2) is 24.3 Å². The second-order valence-electron chi connectivity index (χ2n) is 3.94. The molecule has 0 saturated carbocycles. The highest BCUT2D eigenvalue weighted by Gasteiger charge is 2.32. The number of benzene rings is 1. The Morgan fingerprint density at radius 3 is 2.39 bits per heavy atom. The smallest absolute Gasteiger partial charge is 0.362 e. The van der Waals surface area contributed by atoms with E-state index in [-0.39, 0.29) is 5.56 Å². The molecule has 0 aliphatic carbocycles. The zero-order valence-corrected chi connectivity index (χ0v) is 9.88. The van der Waals surface area contributed by atoms with Gasteiger partial charge in [0.15, 0.2) is 0 Å². The molecule has 0 saturated heterocycles. The highest BCUT2D eigenvalue weighted by molar-refractivity contribution is 5.21. The molecule has 102 valence electrons. The molecule has 18 heavy (non-hydrogen) atoms. The van der Waals surface area contributed by atoms with Crippen LogP contribution in [-0.2, 0) is 4.74 Å². The van der Waals surface area contributed by atoms with Gasteiger partial charge in [-0.15, -0.1) is 0 Å². The van der Waals surface area contributed by atoms with Crippen LogP contribution in [0.25, 0.3) is 0 Å². The van der Waals surface area contributed by atoms with E-state index in [2.05, 4.69) is 0 Å². The molecule has 1 aromatic rings. The van der Waals surface area contributed by atoms with Gasteiger partial charge >= 0.3 is 6.18 Å². The molecule has 6 heteroatoms. The van der Waals surface area contributed by atoms with Crippen molar-refractivity contribution in [2.75, 3.05) is 6.61 Å². The molecular weight excluding hydrogens is 250 g/mol. The zero-order chi connectivity index (χ0) is 13.8. The number of halogens is 4. The van der Waals surface area contributed by atoms with Crippen LogP contribution in [0, 0.1) is 5.82 Å². The minimum Gasteiger partial charge on any atom is -0.362 e. The lowest BCUT2D eigenvalue weighted by atomic mass is 10.0. The average Bonchev–Trinajstić information content (AvgIpc) is 2.29. The Morgan fingerprint density at radius 1 is 1.28 bits per heavy atom. The second-order valence-corrected chi connectivity index (χ2v) is 3.94. The van der Waals surface area contributed by atoms with Gasteiger partial charge in [-0.2, -0.15) is 13.2 Å². The Balaban J connectivity index is 2.89. The fraction of sp³-hybridized carbons (Fsp3) is 0.500. The fourth-order valence-corrected chi connectivity index (χ4v) is 1.55. The van der Waals surface area contributed by atoms with Crippen LogP contribution >= 0.6 is 0 Å². The molecule has 0 aromatic heterocycles. The third kappa shape index (κ3) is 4.27. The quantitative estimate of drug-likeness (QED) is 0.830. The average molecular weight is 265 g/mol. The number of nitrogens with two attached hydrogens (primary N) is 1. The van der Waals surface area contributed by atoms with E-state index in [9.17, 15) is 17.6 Å². The number of hydrogen-bond donors (Lipinski definition) is 1. The molecule has 0 radical (unpaired) electrons. The van der Waals surface area contributed by atoms with Gasteiger partial charge < -0.3 is 10.5 Å². The predicted molar refractivity (Wildman–Crippen MR) is 59.4 cm³/mol. The normalized spacial score (nSPS) is 15.4. The van der Waals surface area contributed by atoms with Gasteiger partial charge in [-0.25, -0.2) is 4.39 Å². The van der Waals surface area contributed by atoms with Gasteiger partial charge in [0, 0.05) is 11.6 Å². The summed E-state index contributed by atoms with van der Waals surface area (Å²) >= 11 is 0. The SMILES string of the molecule is CCC(N)C(OCC(F)(F)F)c1ccccc1F. The van der Waals surface area contributed by atoms with Gasteiger partial charge in [0.05, 0.1) is 0 Å². The highest BCUT2D eigenvalue weighted by atomic mass is 19.4. The first-order chi connectivity index (χ1) is 8.35. The predicted octanol–water partition coefficient (Wildman–Crippen LogP) is 3.18. The maximum absolute atomic E-state index is 13.5. The van der Waals surface area contributed by atoms with E-state index in [1.165, 1.54) is 24.3 Å². The molecule has 1 aromatic carbocycles. The molecule has 0 aliphatic rings. The fourth-order valence-electron chi connectivity index (χ4n) is 1.55. The van der Waals surface area contributed by atoms with E-state index in [0.29, 0.717) is 6.42 Å². The van der Waals surface area contributed by atoms with E-state index in [1.807, 2.05) is 0 Å². The topological polar surface area (TPSA) is 35.2 Å². The summed E-state index contributed by atoms with van der Waals surface area (Å²) in [5.74, 6) is -0.617. The maximum Gasteiger partial charge on any atom is 0.411 e. The lowest BCUT2D eigenvalue weighted by Crippen LogP contribution is -2.32. The molecule has 0 bridgehead atoms. The summed E-state index contributed by atoms with van der Waals surface area (Å²) in [4.78, 5) is 0. The van der Waals surface area contributed by atoms with Crippen LogP contribution in [0.1, 0.15) is 25.0 Å². The highest BCUT2D eigenvalue weighted by Crippen LogP contribution is 2.27. The first-order valence-corrected chi connectivity index (χ1v) is 5.53. The minimum absolute atomic E-state index is 0.0519. The zero-order valence-electron chi connectivity index (χ0n) is 9.88. The summed E-state index contributed by atoms with van der Waals surface area (Å²) < 4.78 is 54.7. The Hall–Kier alpha value is -1.14. The third-order valence-corrected chi connectivity index (χ3v) is 2.50. The van der Waals surface area contributed by atoms with Crippen molar-refractivity contribution in [3.63, 3.8) is 0 Å². The van der Waals surface area contributed by atoms with Gasteiger partial charge in [-0.1, -0.05) is 25.1 Å². The van der Waals surface area contributed by atoms with Crippen LogP contribution < -0.4 is 5.73 Å². The van der Waals surface area contributed by atoms with Gasteiger partial charge in [0.1, 0.15) is 18.5 Å². The number of alkyl halides is 3. The summed E-state index contributed by atoms with van der Waals surface area (Å²) in [6, 6.07) is 4.85. The van der Waals surface area contributed by atoms with Crippen LogP contribution in [0.3, 0.4) is 0 Å². The summed E-state index contributed by atoms with van der Waals surface area (Å²) in [6.45, 7) is 0.259. The van der Waals surface area contributed by atoms with Crippen molar-refractivity contribution in [3.8, 4) is 0 Å². The molecule has 0 fully saturated rings. The van der Waals surface area contributed by atoms with Crippen LogP contribution in [0.2, 0.25) is 0 Å². The molecular formula is C12H15F4NO. The van der Waals surface area contributed by atoms with Crippen molar-refractivity contribution in [2.24, 2.45) is 5.73 Å². The molecule has 2 atom stereocenters. The number of ether oxygens (including phenoxy) is 1. The van der Waals surface area contributed by atoms with E-state index in [4.69, 9.17) is 10.5 Å². The van der Waals surface area contributed by atoms with Gasteiger partial charge in [0.2, 0.25) is 0 Å². The second kappa shape index (κ2) is 6.15. The molecule has 0 aliphatic heterocycles. The van der Waals surface area contributed by atoms with Crippen molar-refractivity contribution in [1.29, 1.82) is 0 Å². The first-order valence-electron chi connectivity index (χ1n) is 5.53. The monoisotopic (exact) mass is 265 g/mol. The summed E-state index contributed by atoms with van der Waals surface area (Å²) in [5, 5.41) is 0. The van der Waals surface area contributed by atoms with Crippen LogP contribution in [0.5, 0.6) is 0 Å². The van der Waals surface area contributed by atoms with Crippen molar-refractivity contribution in [3.05, 3.63) is 35.6 Å². The molecule has 0 spiro atoms. The van der Waals surface area contributed by atoms with E-state index < -0.39 is 30.7 Å². The molecule has 2 nitrogen and oxygen atoms in total. The van der Waals surface area contributed by atoms with Crippen molar-refractivity contribution < 1.29 is 22.3 Å². The molecule has 1 rings (SSSR count). The summed E-state index contributed by atoms with van der Waals surface area (Å²) in [6.07, 6.45) is -5.17. The number of rotatable bonds is 5. The lowest BCUT2D eigenvalue weighted by molar-refractivity contribution is -0.188. The largest absolute Gasteiger partial charge is 0.411 e. The van der Waals surface area contributed by atoms with Gasteiger partial charge in [-0.05, 0) is 12.5 Å². The summed E-state index contributed by atoms with van der Waals surface area (Å²) in [5.41, 5.74) is 5.74. The molecule has 2 unspecified atom stereocenters. The van der Waals surface area contributed by atoms with Crippen LogP contribution in [-0.4, -0.2) is 18.8 Å². The van der Waals surface area contributed by atoms with Crippen molar-refractivity contribution in [2.45, 2.75) is 31.7 Å². The van der Waals surface area contributed by atoms with Crippen molar-refractivity contribution >= 4 is 0 Å². The Labute approximate surface area is 103 Å². The standard InChI is InChI=1S/C12H15F4NO/c1-2-10(17)11(18-7-12(14,15)16)8-5-3-4-6-9(8)13/h3-6,10-11H,2,7,17H2,1H3. The van der Waals surface area contributed by atoms with Gasteiger partial charge in [0.25, 0.3) is 0 Å². The van der Waals surface area contributed by atoms with E-state index in [0.717, 1.165) is 0 Å². The Bertz CT molecular complexity index is 381. The van der Waals surface area contributed by atoms with Crippen molar-refractivity contribution in [1.82, 2.24) is 0 Å². The molecule has 0 heterocycles. The van der Waals surface area contributed by atoms with Gasteiger partial charge in [-0.3, -0.25) is 0 Å². The number of hydrogen-bond acceptors (Lipinski definition) is 2. The Kier molecular flexibility index (Phi) is 5.10. The molecule has 2 N–H and O–H groups in total. The van der Waals surface area contributed by atoms with Crippen LogP contribution in [0.4, 0.5) is 17.6 Å². The first kappa shape index (κ1) is 14.9. The van der Waals surface area contributed by atoms with E-state index in [1.54, 1.807) is 6.92 Å². The third-order valence-electron chi connectivity index (χ3n) is 2.50. The lowest BCUT2D eigenvalue weighted by Gasteiger charge is -2.24. The molecule has 0 amide bonds. The maximum atomic E-state index is 13.5.